The van der Waals surface area contributed by atoms with Crippen LogP contribution in [0.15, 0.2) is 30.3 Å². The highest BCUT2D eigenvalue weighted by molar-refractivity contribution is 5.68. The summed E-state index contributed by atoms with van der Waals surface area (Å²) in [7, 11) is 0. The van der Waals surface area contributed by atoms with Crippen LogP contribution in [0.1, 0.15) is 105 Å². The number of carbonyl (C=O) groups excluding carboxylic acids is 5. The number of hydrogen-bond donors (Lipinski definition) is 0. The molecule has 1 aromatic carbocycles. The van der Waals surface area contributed by atoms with Gasteiger partial charge in [-0.25, -0.2) is 0 Å². The molecule has 4 rings (SSSR count). The lowest BCUT2D eigenvalue weighted by atomic mass is 9.95. The first-order chi connectivity index (χ1) is 26.4. The van der Waals surface area contributed by atoms with E-state index in [1.54, 1.807) is 12.1 Å². The Kier molecular flexibility index (Phi) is 17.8. The van der Waals surface area contributed by atoms with E-state index >= 15 is 0 Å². The Morgan fingerprint density at radius 3 is 1.78 bits per heavy atom. The number of benzene rings is 1. The Labute approximate surface area is 322 Å². The lowest BCUT2D eigenvalue weighted by Gasteiger charge is -2.50. The van der Waals surface area contributed by atoms with E-state index in [0.29, 0.717) is 12.0 Å². The zero-order chi connectivity index (χ0) is 39.9. The van der Waals surface area contributed by atoms with Crippen molar-refractivity contribution in [3.8, 4) is 0 Å². The van der Waals surface area contributed by atoms with E-state index in [9.17, 15) is 24.0 Å². The van der Waals surface area contributed by atoms with Gasteiger partial charge in [-0.15, -0.1) is 0 Å². The molecule has 0 N–H and O–H groups in total. The second-order valence-corrected chi connectivity index (χ2v) is 13.8. The van der Waals surface area contributed by atoms with Crippen molar-refractivity contribution in [2.24, 2.45) is 0 Å². The minimum atomic E-state index is -1.53. The van der Waals surface area contributed by atoms with Crippen LogP contribution in [-0.4, -0.2) is 111 Å². The number of esters is 5. The van der Waals surface area contributed by atoms with Crippen molar-refractivity contribution in [3.63, 3.8) is 0 Å². The van der Waals surface area contributed by atoms with Crippen molar-refractivity contribution < 1.29 is 76.1 Å². The van der Waals surface area contributed by atoms with E-state index in [4.69, 9.17) is 52.1 Å². The fourth-order valence-electron chi connectivity index (χ4n) is 6.82. The quantitative estimate of drug-likeness (QED) is 0.109. The number of hydrogen-bond acceptors (Lipinski definition) is 16. The molecule has 0 amide bonds. The zero-order valence-electron chi connectivity index (χ0n) is 32.5. The summed E-state index contributed by atoms with van der Waals surface area (Å²) in [6.45, 7) is 7.84. The van der Waals surface area contributed by atoms with Crippen LogP contribution in [0.4, 0.5) is 0 Å². The highest BCUT2D eigenvalue weighted by Gasteiger charge is 2.58. The van der Waals surface area contributed by atoms with Crippen LogP contribution in [0.25, 0.3) is 0 Å². The SMILES string of the molecule is CCCCCCCCCCO[C@@H]1O[C@H](COC(C)=O)[C@@H](O[C@H]2O[C@@H]3CO[C@@H](c4ccccc4)O[C@H]3[C@H](OC(C)=O)[C@H]2OC(C)=O)[C@H](OC(C)=O)[C@H]1OC(C)=O. The molecular formula is C39H56O16. The molecular weight excluding hydrogens is 724 g/mol. The van der Waals surface area contributed by atoms with E-state index in [1.165, 1.54) is 46.5 Å². The van der Waals surface area contributed by atoms with Crippen molar-refractivity contribution in [1.29, 1.82) is 0 Å². The van der Waals surface area contributed by atoms with Crippen LogP contribution in [0.3, 0.4) is 0 Å². The summed E-state index contributed by atoms with van der Waals surface area (Å²) in [6.07, 6.45) is -5.15. The van der Waals surface area contributed by atoms with Gasteiger partial charge in [-0.1, -0.05) is 82.2 Å². The second kappa shape index (κ2) is 22.2. The largest absolute Gasteiger partial charge is 0.463 e. The maximum absolute atomic E-state index is 12.6. The van der Waals surface area contributed by atoms with Crippen molar-refractivity contribution >= 4 is 29.8 Å². The molecule has 0 saturated carbocycles. The zero-order valence-corrected chi connectivity index (χ0v) is 32.5. The molecule has 3 fully saturated rings. The predicted octanol–water partition coefficient (Wildman–Crippen LogP) is 4.38. The lowest BCUT2D eigenvalue weighted by molar-refractivity contribution is -0.386. The smallest absolute Gasteiger partial charge is 0.303 e. The van der Waals surface area contributed by atoms with Crippen LogP contribution in [0.5, 0.6) is 0 Å². The highest BCUT2D eigenvalue weighted by Crippen LogP contribution is 2.39. The van der Waals surface area contributed by atoms with E-state index in [-0.39, 0.29) is 13.2 Å². The number of rotatable bonds is 19. The molecule has 3 aliphatic heterocycles. The Balaban J connectivity index is 1.62. The summed E-state index contributed by atoms with van der Waals surface area (Å²) in [5.74, 6) is -3.59. The molecule has 11 atom stereocenters. The van der Waals surface area contributed by atoms with Gasteiger partial charge in [0.05, 0.1) is 6.61 Å². The van der Waals surface area contributed by atoms with Gasteiger partial charge in [0.15, 0.2) is 43.3 Å². The van der Waals surface area contributed by atoms with Gasteiger partial charge in [-0.05, 0) is 6.42 Å². The minimum Gasteiger partial charge on any atom is -0.463 e. The van der Waals surface area contributed by atoms with Gasteiger partial charge in [0, 0.05) is 46.8 Å². The average Bonchev–Trinajstić information content (AvgIpc) is 3.13. The Morgan fingerprint density at radius 2 is 1.18 bits per heavy atom. The van der Waals surface area contributed by atoms with Crippen LogP contribution in [-0.2, 0) is 76.1 Å². The highest BCUT2D eigenvalue weighted by atomic mass is 16.8. The molecule has 16 nitrogen and oxygen atoms in total. The molecule has 1 aromatic rings. The summed E-state index contributed by atoms with van der Waals surface area (Å²) in [5, 5.41) is 0. The Morgan fingerprint density at radius 1 is 0.618 bits per heavy atom. The molecule has 3 saturated heterocycles. The van der Waals surface area contributed by atoms with E-state index in [1.807, 2.05) is 18.2 Å². The predicted molar refractivity (Wildman–Crippen MR) is 190 cm³/mol. The fourth-order valence-corrected chi connectivity index (χ4v) is 6.82. The number of fused-ring (bicyclic) bond motifs is 1. The van der Waals surface area contributed by atoms with Crippen LogP contribution < -0.4 is 0 Å². The van der Waals surface area contributed by atoms with Crippen molar-refractivity contribution in [2.45, 2.75) is 161 Å². The lowest BCUT2D eigenvalue weighted by Crippen LogP contribution is -2.67. The van der Waals surface area contributed by atoms with Gasteiger partial charge in [-0.2, -0.15) is 0 Å². The van der Waals surface area contributed by atoms with E-state index < -0.39 is 104 Å². The third-order valence-electron chi connectivity index (χ3n) is 9.18. The van der Waals surface area contributed by atoms with Gasteiger partial charge < -0.3 is 52.1 Å². The summed E-state index contributed by atoms with van der Waals surface area (Å²) < 4.78 is 65.6. The minimum absolute atomic E-state index is 0.0508. The maximum atomic E-state index is 12.6. The first kappa shape index (κ1) is 44.0. The molecule has 0 spiro atoms. The first-order valence-corrected chi connectivity index (χ1v) is 19.1. The van der Waals surface area contributed by atoms with Crippen LogP contribution >= 0.6 is 0 Å². The summed E-state index contributed by atoms with van der Waals surface area (Å²) >= 11 is 0. The maximum Gasteiger partial charge on any atom is 0.303 e. The van der Waals surface area contributed by atoms with Crippen molar-refractivity contribution in [3.05, 3.63) is 35.9 Å². The third kappa shape index (κ3) is 13.5. The van der Waals surface area contributed by atoms with E-state index in [2.05, 4.69) is 6.92 Å². The third-order valence-corrected chi connectivity index (χ3v) is 9.18. The fraction of sp³-hybridized carbons (Fsp3) is 0.718. The number of unbranched alkanes of at least 4 members (excludes halogenated alkanes) is 7. The molecule has 0 aliphatic carbocycles. The molecule has 0 bridgehead atoms. The van der Waals surface area contributed by atoms with Gasteiger partial charge in [0.2, 0.25) is 0 Å². The van der Waals surface area contributed by atoms with Crippen molar-refractivity contribution in [2.75, 3.05) is 19.8 Å². The molecule has 0 aromatic heterocycles. The van der Waals surface area contributed by atoms with Crippen LogP contribution in [0, 0.1) is 0 Å². The topological polar surface area (TPSA) is 187 Å². The second-order valence-electron chi connectivity index (χ2n) is 13.8. The molecule has 55 heavy (non-hydrogen) atoms. The summed E-state index contributed by atoms with van der Waals surface area (Å²) in [5.41, 5.74) is 0.692. The number of ether oxygens (including phenoxy) is 11. The molecule has 3 aliphatic rings. The molecule has 308 valence electrons. The molecule has 0 unspecified atom stereocenters. The Bertz CT molecular complexity index is 1390. The molecule has 16 heteroatoms. The molecule has 3 heterocycles. The summed E-state index contributed by atoms with van der Waals surface area (Å²) in [6, 6.07) is 9.07. The standard InChI is InChI=1S/C39H56O16/c1-7-8-9-10-11-12-13-17-20-45-38-35(50-26(5)43)33(48-24(3)41)32(29(52-38)21-46-23(2)40)55-39-36(51-27(6)44)34(49-25(4)42)31-30(53-39)22-47-37(54-31)28-18-15-14-16-19-28/h14-16,18-19,29-39H,7-13,17,20-22H2,1-6H3/t29-,30-,31-,32-,33+,34+,35-,36-,37-,38-,39-/m1/s1. The van der Waals surface area contributed by atoms with Gasteiger partial charge >= 0.3 is 29.8 Å². The normalized spacial score (nSPS) is 30.3. The van der Waals surface area contributed by atoms with Gasteiger partial charge in [-0.3, -0.25) is 24.0 Å². The average molecular weight is 781 g/mol. The summed E-state index contributed by atoms with van der Waals surface area (Å²) in [4.78, 5) is 62.2. The van der Waals surface area contributed by atoms with E-state index in [0.717, 1.165) is 33.1 Å². The van der Waals surface area contributed by atoms with Gasteiger partial charge in [0.25, 0.3) is 0 Å². The Hall–Kier alpha value is -3.67. The first-order valence-electron chi connectivity index (χ1n) is 19.1. The van der Waals surface area contributed by atoms with Crippen LogP contribution in [0.2, 0.25) is 0 Å². The molecule has 0 radical (unpaired) electrons. The monoisotopic (exact) mass is 780 g/mol. The number of carbonyl (C=O) groups is 5. The van der Waals surface area contributed by atoms with Crippen molar-refractivity contribution in [1.82, 2.24) is 0 Å². The van der Waals surface area contributed by atoms with Gasteiger partial charge in [0.1, 0.15) is 31.0 Å².